The zero-order valence-corrected chi connectivity index (χ0v) is 14.5. The van der Waals surface area contributed by atoms with Gasteiger partial charge in [-0.2, -0.15) is 0 Å². The van der Waals surface area contributed by atoms with Crippen LogP contribution in [0.5, 0.6) is 0 Å². The SMILES string of the molecule is Fc1cc(F)cc(Nc2nc3c(-c4nnc[nH]4)cccc3c3sccc23)c1. The van der Waals surface area contributed by atoms with Crippen LogP contribution < -0.4 is 5.32 Å². The number of hydrogen-bond donors (Lipinski definition) is 2. The Hall–Kier alpha value is -3.39. The number of halogens is 2. The number of nitrogens with zero attached hydrogens (tertiary/aromatic N) is 3. The fourth-order valence-corrected chi connectivity index (χ4v) is 4.03. The van der Waals surface area contributed by atoms with Crippen molar-refractivity contribution in [2.75, 3.05) is 5.32 Å². The van der Waals surface area contributed by atoms with Gasteiger partial charge in [0.05, 0.1) is 5.52 Å². The maximum Gasteiger partial charge on any atom is 0.163 e. The molecule has 132 valence electrons. The molecule has 0 aliphatic heterocycles. The number of hydrogen-bond acceptors (Lipinski definition) is 5. The minimum absolute atomic E-state index is 0.295. The summed E-state index contributed by atoms with van der Waals surface area (Å²) in [5, 5.41) is 14.8. The lowest BCUT2D eigenvalue weighted by Crippen LogP contribution is -1.97. The molecule has 5 rings (SSSR count). The molecule has 5 nitrogen and oxygen atoms in total. The summed E-state index contributed by atoms with van der Waals surface area (Å²) < 4.78 is 28.2. The smallest absolute Gasteiger partial charge is 0.163 e. The molecule has 0 bridgehead atoms. The molecule has 0 atom stereocenters. The number of fused-ring (bicyclic) bond motifs is 3. The van der Waals surface area contributed by atoms with E-state index in [1.165, 1.54) is 18.5 Å². The molecule has 0 spiro atoms. The average molecular weight is 379 g/mol. The van der Waals surface area contributed by atoms with E-state index in [-0.39, 0.29) is 0 Å². The molecule has 27 heavy (non-hydrogen) atoms. The van der Waals surface area contributed by atoms with Gasteiger partial charge in [-0.15, -0.1) is 21.5 Å². The predicted octanol–water partition coefficient (Wildman–Crippen LogP) is 5.26. The van der Waals surface area contributed by atoms with Gasteiger partial charge < -0.3 is 10.3 Å². The van der Waals surface area contributed by atoms with Crippen LogP contribution >= 0.6 is 11.3 Å². The van der Waals surface area contributed by atoms with Crippen LogP contribution in [0.1, 0.15) is 0 Å². The van der Waals surface area contributed by atoms with Gasteiger partial charge in [0.1, 0.15) is 23.8 Å². The van der Waals surface area contributed by atoms with Gasteiger partial charge in [0.15, 0.2) is 5.82 Å². The number of aromatic amines is 1. The second kappa shape index (κ2) is 6.10. The fourth-order valence-electron chi connectivity index (χ4n) is 3.11. The molecular weight excluding hydrogens is 368 g/mol. The van der Waals surface area contributed by atoms with Crippen molar-refractivity contribution in [1.82, 2.24) is 20.2 Å². The highest BCUT2D eigenvalue weighted by Crippen LogP contribution is 2.37. The number of H-pyrrole nitrogens is 1. The summed E-state index contributed by atoms with van der Waals surface area (Å²) in [5.74, 6) is -0.174. The van der Waals surface area contributed by atoms with Crippen molar-refractivity contribution in [1.29, 1.82) is 0 Å². The number of pyridine rings is 1. The lowest BCUT2D eigenvalue weighted by molar-refractivity contribution is 0.584. The van der Waals surface area contributed by atoms with Gasteiger partial charge in [-0.1, -0.05) is 12.1 Å². The maximum absolute atomic E-state index is 13.6. The molecular formula is C19H11F2N5S. The van der Waals surface area contributed by atoms with Crippen LogP contribution in [0.25, 0.3) is 32.4 Å². The second-order valence-electron chi connectivity index (χ2n) is 5.95. The van der Waals surface area contributed by atoms with Gasteiger partial charge in [0.25, 0.3) is 0 Å². The summed E-state index contributed by atoms with van der Waals surface area (Å²) >= 11 is 1.58. The summed E-state index contributed by atoms with van der Waals surface area (Å²) in [6.45, 7) is 0. The lowest BCUT2D eigenvalue weighted by Gasteiger charge is -2.11. The average Bonchev–Trinajstić information content (AvgIpc) is 3.33. The zero-order valence-electron chi connectivity index (χ0n) is 13.7. The topological polar surface area (TPSA) is 66.5 Å². The number of benzene rings is 2. The Bertz CT molecular complexity index is 1260. The Morgan fingerprint density at radius 1 is 1.00 bits per heavy atom. The quantitative estimate of drug-likeness (QED) is 0.449. The molecule has 3 heterocycles. The van der Waals surface area contributed by atoms with Crippen molar-refractivity contribution in [2.24, 2.45) is 0 Å². The molecule has 5 aromatic rings. The summed E-state index contributed by atoms with van der Waals surface area (Å²) in [6.07, 6.45) is 1.51. The van der Waals surface area contributed by atoms with Gasteiger partial charge in [-0.3, -0.25) is 0 Å². The van der Waals surface area contributed by atoms with Gasteiger partial charge in [-0.05, 0) is 29.6 Å². The number of nitrogens with one attached hydrogen (secondary N) is 2. The van der Waals surface area contributed by atoms with E-state index in [0.717, 1.165) is 32.6 Å². The fraction of sp³-hybridized carbons (Fsp3) is 0. The second-order valence-corrected chi connectivity index (χ2v) is 6.86. The first-order valence-electron chi connectivity index (χ1n) is 8.08. The molecule has 0 fully saturated rings. The van der Waals surface area contributed by atoms with Crippen molar-refractivity contribution in [3.63, 3.8) is 0 Å². The van der Waals surface area contributed by atoms with E-state index in [0.29, 0.717) is 17.3 Å². The van der Waals surface area contributed by atoms with Crippen LogP contribution in [0.2, 0.25) is 0 Å². The van der Waals surface area contributed by atoms with Crippen LogP contribution in [0, 0.1) is 11.6 Å². The van der Waals surface area contributed by atoms with Gasteiger partial charge in [0, 0.05) is 32.8 Å². The molecule has 0 unspecified atom stereocenters. The Labute approximate surface area is 155 Å². The lowest BCUT2D eigenvalue weighted by atomic mass is 10.1. The third-order valence-corrected chi connectivity index (χ3v) is 5.17. The molecule has 0 saturated carbocycles. The summed E-state index contributed by atoms with van der Waals surface area (Å²) in [5.41, 5.74) is 1.82. The van der Waals surface area contributed by atoms with Crippen LogP contribution in [-0.2, 0) is 0 Å². The third-order valence-electron chi connectivity index (χ3n) is 4.22. The highest BCUT2D eigenvalue weighted by atomic mass is 32.1. The monoisotopic (exact) mass is 379 g/mol. The Morgan fingerprint density at radius 2 is 1.85 bits per heavy atom. The first-order chi connectivity index (χ1) is 13.2. The highest BCUT2D eigenvalue weighted by Gasteiger charge is 2.15. The largest absolute Gasteiger partial charge is 0.340 e. The molecule has 2 N–H and O–H groups in total. The molecule has 0 saturated heterocycles. The number of thiophene rings is 1. The summed E-state index contributed by atoms with van der Waals surface area (Å²) in [6, 6.07) is 11.1. The van der Waals surface area contributed by atoms with Crippen LogP contribution in [-0.4, -0.2) is 20.2 Å². The molecule has 0 aliphatic rings. The van der Waals surface area contributed by atoms with E-state index in [4.69, 9.17) is 4.98 Å². The van der Waals surface area contributed by atoms with E-state index < -0.39 is 11.6 Å². The predicted molar refractivity (Wildman–Crippen MR) is 102 cm³/mol. The van der Waals surface area contributed by atoms with Crippen LogP contribution in [0.15, 0.2) is 54.2 Å². The van der Waals surface area contributed by atoms with E-state index in [2.05, 4.69) is 20.5 Å². The zero-order chi connectivity index (χ0) is 18.4. The van der Waals surface area contributed by atoms with Gasteiger partial charge in [-0.25, -0.2) is 13.8 Å². The summed E-state index contributed by atoms with van der Waals surface area (Å²) in [4.78, 5) is 7.74. The van der Waals surface area contributed by atoms with E-state index in [1.807, 2.05) is 29.6 Å². The minimum atomic E-state index is -0.651. The van der Waals surface area contributed by atoms with Crippen molar-refractivity contribution < 1.29 is 8.78 Å². The van der Waals surface area contributed by atoms with Crippen molar-refractivity contribution in [2.45, 2.75) is 0 Å². The summed E-state index contributed by atoms with van der Waals surface area (Å²) in [7, 11) is 0. The molecule has 0 radical (unpaired) electrons. The number of para-hydroxylation sites is 1. The van der Waals surface area contributed by atoms with E-state index in [1.54, 1.807) is 11.3 Å². The highest BCUT2D eigenvalue weighted by molar-refractivity contribution is 7.18. The van der Waals surface area contributed by atoms with Crippen molar-refractivity contribution in [3.05, 3.63) is 65.8 Å². The van der Waals surface area contributed by atoms with E-state index >= 15 is 0 Å². The molecule has 0 amide bonds. The van der Waals surface area contributed by atoms with Gasteiger partial charge in [0.2, 0.25) is 0 Å². The van der Waals surface area contributed by atoms with Gasteiger partial charge >= 0.3 is 0 Å². The number of anilines is 2. The number of rotatable bonds is 3. The maximum atomic E-state index is 13.6. The molecule has 0 aliphatic carbocycles. The Morgan fingerprint density at radius 3 is 2.63 bits per heavy atom. The Balaban J connectivity index is 1.76. The minimum Gasteiger partial charge on any atom is -0.340 e. The van der Waals surface area contributed by atoms with Crippen molar-refractivity contribution in [3.8, 4) is 11.4 Å². The molecule has 8 heteroatoms. The van der Waals surface area contributed by atoms with E-state index in [9.17, 15) is 8.78 Å². The number of aromatic nitrogens is 4. The molecule has 2 aromatic carbocycles. The van der Waals surface area contributed by atoms with Crippen molar-refractivity contribution >= 4 is 43.8 Å². The first-order valence-corrected chi connectivity index (χ1v) is 8.96. The third kappa shape index (κ3) is 2.70. The Kier molecular flexibility index (Phi) is 3.58. The normalized spacial score (nSPS) is 11.3. The van der Waals surface area contributed by atoms with Crippen LogP contribution in [0.4, 0.5) is 20.3 Å². The first kappa shape index (κ1) is 15.8. The molecule has 3 aromatic heterocycles. The van der Waals surface area contributed by atoms with Crippen LogP contribution in [0.3, 0.4) is 0 Å². The standard InChI is InChI=1S/C19H11F2N5S/c20-10-6-11(21)8-12(7-10)24-19-15-4-5-27-17(15)13-2-1-3-14(16(13)25-19)18-22-9-23-26-18/h1-9H,(H,24,25)(H,22,23,26).